The quantitative estimate of drug-likeness (QED) is 0.450. The number of hydrogen-bond acceptors (Lipinski definition) is 3. The largest absolute Gasteiger partial charge is 0.393 e. The molecule has 0 aromatic carbocycles. The molecular formula is C30H50O3. The van der Waals surface area contributed by atoms with Gasteiger partial charge < -0.3 is 10.2 Å². The molecule has 0 heterocycles. The minimum Gasteiger partial charge on any atom is -0.393 e. The van der Waals surface area contributed by atoms with Crippen LogP contribution in [0.1, 0.15) is 113 Å². The van der Waals surface area contributed by atoms with Crippen molar-refractivity contribution in [3.8, 4) is 0 Å². The Balaban J connectivity index is 1.59. The zero-order valence-electron chi connectivity index (χ0n) is 22.6. The number of ketones is 1. The van der Waals surface area contributed by atoms with E-state index in [2.05, 4.69) is 47.6 Å². The summed E-state index contributed by atoms with van der Waals surface area (Å²) >= 11 is 0. The summed E-state index contributed by atoms with van der Waals surface area (Å²) in [5, 5.41) is 20.9. The molecule has 0 aliphatic heterocycles. The highest BCUT2D eigenvalue weighted by Gasteiger charge is 2.65. The number of hydrogen-bond donors (Lipinski definition) is 2. The smallest absolute Gasteiger partial charge is 0.163 e. The lowest BCUT2D eigenvalue weighted by molar-refractivity contribution is -0.134. The molecule has 0 amide bonds. The molecule has 188 valence electrons. The number of carbonyl (C=O) groups excluding carboxylic acids is 1. The standard InChI is InChI=1S/C30H50O3/c1-19(9-12-25(32)27(4,5)33)20-13-17-30(8)22-10-11-23-26(2,3)24(31)15-16-28(23,6)21(22)14-18-29(20,30)7/h14,19-20,22-24,31,33H,9-13,15-18H2,1-8H3/t19-,20-,22-,23+,24-,28-,29-,30+/m1/s1. The fourth-order valence-corrected chi connectivity index (χ4v) is 9.54. The molecule has 33 heavy (non-hydrogen) atoms. The van der Waals surface area contributed by atoms with Crippen LogP contribution in [0.15, 0.2) is 11.6 Å². The Kier molecular flexibility index (Phi) is 6.10. The minimum absolute atomic E-state index is 0.0137. The summed E-state index contributed by atoms with van der Waals surface area (Å²) in [6.45, 7) is 17.8. The maximum atomic E-state index is 12.4. The third-order valence-corrected chi connectivity index (χ3v) is 12.1. The highest BCUT2D eigenvalue weighted by atomic mass is 16.3. The van der Waals surface area contributed by atoms with Crippen molar-refractivity contribution in [2.24, 2.45) is 45.3 Å². The number of fused-ring (bicyclic) bond motifs is 5. The summed E-state index contributed by atoms with van der Waals surface area (Å²) in [4.78, 5) is 12.4. The molecule has 3 nitrogen and oxygen atoms in total. The van der Waals surface area contributed by atoms with Gasteiger partial charge in [-0.1, -0.05) is 53.2 Å². The molecule has 3 heteroatoms. The van der Waals surface area contributed by atoms with E-state index < -0.39 is 5.60 Å². The van der Waals surface area contributed by atoms with Gasteiger partial charge in [0.05, 0.1) is 6.10 Å². The topological polar surface area (TPSA) is 57.5 Å². The zero-order valence-corrected chi connectivity index (χ0v) is 22.6. The second kappa shape index (κ2) is 7.92. The molecule has 0 saturated heterocycles. The summed E-state index contributed by atoms with van der Waals surface area (Å²) in [5.41, 5.74) is 1.30. The van der Waals surface area contributed by atoms with E-state index in [4.69, 9.17) is 0 Å². The highest BCUT2D eigenvalue weighted by molar-refractivity contribution is 5.86. The van der Waals surface area contributed by atoms with Gasteiger partial charge in [0, 0.05) is 6.42 Å². The maximum absolute atomic E-state index is 12.4. The van der Waals surface area contributed by atoms with Gasteiger partial charge in [-0.05, 0) is 111 Å². The van der Waals surface area contributed by atoms with Crippen molar-refractivity contribution in [2.75, 3.05) is 0 Å². The van der Waals surface area contributed by atoms with Crippen molar-refractivity contribution in [1.29, 1.82) is 0 Å². The average molecular weight is 459 g/mol. The molecule has 0 aromatic heterocycles. The SMILES string of the molecule is C[C@H](CCC(=O)C(C)(C)O)[C@H]1CC[C@@]2(C)[C@@H]3CC[C@H]4C(C)(C)[C@H](O)CC[C@]4(C)C3=CC[C@]12C. The maximum Gasteiger partial charge on any atom is 0.163 e. The zero-order chi connectivity index (χ0) is 24.6. The van der Waals surface area contributed by atoms with Gasteiger partial charge in [0.15, 0.2) is 5.78 Å². The number of carbonyl (C=O) groups is 1. The lowest BCUT2D eigenvalue weighted by Gasteiger charge is -2.64. The van der Waals surface area contributed by atoms with Crippen LogP contribution in [-0.4, -0.2) is 27.7 Å². The Hall–Kier alpha value is -0.670. The summed E-state index contributed by atoms with van der Waals surface area (Å²) in [6.07, 6.45) is 12.1. The van der Waals surface area contributed by atoms with Gasteiger partial charge in [0.2, 0.25) is 0 Å². The number of rotatable bonds is 5. The van der Waals surface area contributed by atoms with E-state index in [9.17, 15) is 15.0 Å². The van der Waals surface area contributed by atoms with Crippen LogP contribution >= 0.6 is 0 Å². The molecule has 0 radical (unpaired) electrons. The third-order valence-electron chi connectivity index (χ3n) is 12.1. The van der Waals surface area contributed by atoms with Crippen molar-refractivity contribution in [1.82, 2.24) is 0 Å². The Labute approximate surface area is 202 Å². The highest BCUT2D eigenvalue weighted by Crippen LogP contribution is 2.73. The van der Waals surface area contributed by atoms with E-state index >= 15 is 0 Å². The van der Waals surface area contributed by atoms with Gasteiger partial charge in [0.25, 0.3) is 0 Å². The first-order valence-electron chi connectivity index (χ1n) is 13.7. The fraction of sp³-hybridized carbons (Fsp3) is 0.900. The van der Waals surface area contributed by atoms with Gasteiger partial charge in [-0.2, -0.15) is 0 Å². The average Bonchev–Trinajstić information content (AvgIpc) is 3.00. The predicted molar refractivity (Wildman–Crippen MR) is 135 cm³/mol. The van der Waals surface area contributed by atoms with Gasteiger partial charge in [-0.3, -0.25) is 4.79 Å². The van der Waals surface area contributed by atoms with Crippen molar-refractivity contribution >= 4 is 5.78 Å². The van der Waals surface area contributed by atoms with Gasteiger partial charge in [-0.25, -0.2) is 0 Å². The molecule has 4 rings (SSSR count). The van der Waals surface area contributed by atoms with Gasteiger partial charge in [-0.15, -0.1) is 0 Å². The fourth-order valence-electron chi connectivity index (χ4n) is 9.54. The van der Waals surface area contributed by atoms with Gasteiger partial charge >= 0.3 is 0 Å². The minimum atomic E-state index is -1.22. The van der Waals surface area contributed by atoms with Crippen LogP contribution in [0.2, 0.25) is 0 Å². The molecule has 0 spiro atoms. The summed E-state index contributed by atoms with van der Waals surface area (Å²) in [7, 11) is 0. The first kappa shape index (κ1) is 25.4. The Morgan fingerprint density at radius 2 is 1.73 bits per heavy atom. The Morgan fingerprint density at radius 3 is 2.36 bits per heavy atom. The first-order chi connectivity index (χ1) is 15.1. The molecular weight excluding hydrogens is 408 g/mol. The van der Waals surface area contributed by atoms with Crippen LogP contribution in [0.5, 0.6) is 0 Å². The summed E-state index contributed by atoms with van der Waals surface area (Å²) in [5.74, 6) is 2.31. The molecule has 0 unspecified atom stereocenters. The number of aliphatic hydroxyl groups is 2. The van der Waals surface area contributed by atoms with Crippen molar-refractivity contribution in [3.63, 3.8) is 0 Å². The normalized spacial score (nSPS) is 45.5. The number of aliphatic hydroxyl groups excluding tert-OH is 1. The Bertz CT molecular complexity index is 819. The third kappa shape index (κ3) is 3.62. The monoisotopic (exact) mass is 458 g/mol. The predicted octanol–water partition coefficient (Wildman–Crippen LogP) is 6.71. The van der Waals surface area contributed by atoms with E-state index in [-0.39, 0.29) is 28.1 Å². The lowest BCUT2D eigenvalue weighted by Crippen LogP contribution is -2.57. The van der Waals surface area contributed by atoms with Crippen LogP contribution < -0.4 is 0 Å². The van der Waals surface area contributed by atoms with Crippen LogP contribution in [0.3, 0.4) is 0 Å². The molecule has 8 atom stereocenters. The van der Waals surface area contributed by atoms with Crippen LogP contribution in [0.4, 0.5) is 0 Å². The van der Waals surface area contributed by atoms with Crippen molar-refractivity contribution in [2.45, 2.75) is 125 Å². The Morgan fingerprint density at radius 1 is 1.06 bits per heavy atom. The second-order valence-corrected chi connectivity index (χ2v) is 14.3. The summed E-state index contributed by atoms with van der Waals surface area (Å²) in [6, 6.07) is 0. The molecule has 3 saturated carbocycles. The second-order valence-electron chi connectivity index (χ2n) is 14.3. The molecule has 3 fully saturated rings. The van der Waals surface area contributed by atoms with E-state index in [1.807, 2.05) is 0 Å². The first-order valence-corrected chi connectivity index (χ1v) is 13.7. The molecule has 0 aromatic rings. The number of allylic oxidation sites excluding steroid dienone is 2. The van der Waals surface area contributed by atoms with Crippen LogP contribution in [-0.2, 0) is 4.79 Å². The van der Waals surface area contributed by atoms with Crippen molar-refractivity contribution < 1.29 is 15.0 Å². The van der Waals surface area contributed by atoms with Crippen LogP contribution in [0, 0.1) is 45.3 Å². The van der Waals surface area contributed by atoms with E-state index in [1.165, 1.54) is 25.7 Å². The molecule has 2 N–H and O–H groups in total. The van der Waals surface area contributed by atoms with E-state index in [1.54, 1.807) is 19.4 Å². The van der Waals surface area contributed by atoms with E-state index in [0.717, 1.165) is 25.7 Å². The van der Waals surface area contributed by atoms with Crippen molar-refractivity contribution in [3.05, 3.63) is 11.6 Å². The molecule has 0 bridgehead atoms. The lowest BCUT2D eigenvalue weighted by atomic mass is 9.41. The van der Waals surface area contributed by atoms with Crippen LogP contribution in [0.25, 0.3) is 0 Å². The van der Waals surface area contributed by atoms with E-state index in [0.29, 0.717) is 35.5 Å². The van der Waals surface area contributed by atoms with Gasteiger partial charge in [0.1, 0.15) is 5.60 Å². The summed E-state index contributed by atoms with van der Waals surface area (Å²) < 4.78 is 0. The number of Topliss-reactive ketones (excluding diaryl/α,β-unsaturated/α-hetero) is 1. The molecule has 4 aliphatic carbocycles. The molecule has 4 aliphatic rings.